The zero-order valence-corrected chi connectivity index (χ0v) is 11.2. The quantitative estimate of drug-likeness (QED) is 0.833. The molecule has 0 atom stereocenters. The highest BCUT2D eigenvalue weighted by atomic mass is 79.9. The molecule has 1 aromatic heterocycles. The molecule has 0 aliphatic heterocycles. The third-order valence-electron chi connectivity index (χ3n) is 2.39. The number of rotatable bonds is 5. The van der Waals surface area contributed by atoms with Crippen LogP contribution in [0.2, 0.25) is 0 Å². The Kier molecular flexibility index (Phi) is 5.44. The molecule has 0 saturated carbocycles. The van der Waals surface area contributed by atoms with Crippen molar-refractivity contribution in [1.29, 1.82) is 5.26 Å². The molecule has 0 aliphatic rings. The van der Waals surface area contributed by atoms with Crippen LogP contribution in [-0.4, -0.2) is 22.5 Å². The Bertz CT molecular complexity index is 371. The number of nitriles is 1. The molecule has 1 rings (SSSR count). The van der Waals surface area contributed by atoms with Gasteiger partial charge in [0.25, 0.3) is 0 Å². The van der Waals surface area contributed by atoms with Crippen molar-refractivity contribution in [2.45, 2.75) is 32.9 Å². The maximum Gasteiger partial charge on any atom is 0.0635 e. The highest BCUT2D eigenvalue weighted by Gasteiger charge is 2.09. The van der Waals surface area contributed by atoms with Crippen LogP contribution in [0, 0.1) is 11.3 Å². The standard InChI is InChI=1S/C12H16BrN3/c1-10(2)16(5-3-4-14)9-11-6-12(13)8-15-7-11/h6-8,10H,3,5,9H2,1-2H3. The summed E-state index contributed by atoms with van der Waals surface area (Å²) in [4.78, 5) is 6.41. The summed E-state index contributed by atoms with van der Waals surface area (Å²) >= 11 is 3.41. The zero-order chi connectivity index (χ0) is 12.0. The fourth-order valence-corrected chi connectivity index (χ4v) is 1.90. The first kappa shape index (κ1) is 13.1. The molecule has 4 heteroatoms. The van der Waals surface area contributed by atoms with Gasteiger partial charge in [-0.3, -0.25) is 9.88 Å². The third-order valence-corrected chi connectivity index (χ3v) is 2.82. The minimum atomic E-state index is 0.437. The van der Waals surface area contributed by atoms with Gasteiger partial charge in [-0.1, -0.05) is 0 Å². The van der Waals surface area contributed by atoms with Crippen LogP contribution < -0.4 is 0 Å². The molecule has 16 heavy (non-hydrogen) atoms. The molecular formula is C12H16BrN3. The molecule has 0 unspecified atom stereocenters. The lowest BCUT2D eigenvalue weighted by Gasteiger charge is -2.25. The number of nitrogens with zero attached hydrogens (tertiary/aromatic N) is 3. The van der Waals surface area contributed by atoms with Crippen molar-refractivity contribution < 1.29 is 0 Å². The van der Waals surface area contributed by atoms with E-state index in [9.17, 15) is 0 Å². The van der Waals surface area contributed by atoms with Gasteiger partial charge in [0.05, 0.1) is 6.07 Å². The number of halogens is 1. The third kappa shape index (κ3) is 4.30. The Morgan fingerprint density at radius 1 is 1.50 bits per heavy atom. The van der Waals surface area contributed by atoms with Gasteiger partial charge in [-0.25, -0.2) is 0 Å². The summed E-state index contributed by atoms with van der Waals surface area (Å²) in [5.74, 6) is 0. The molecule has 0 amide bonds. The van der Waals surface area contributed by atoms with Gasteiger partial charge in [-0.2, -0.15) is 5.26 Å². The Labute approximate surface area is 105 Å². The summed E-state index contributed by atoms with van der Waals surface area (Å²) in [5, 5.41) is 8.61. The minimum absolute atomic E-state index is 0.437. The van der Waals surface area contributed by atoms with Crippen molar-refractivity contribution in [1.82, 2.24) is 9.88 Å². The molecule has 0 bridgehead atoms. The molecule has 86 valence electrons. The molecule has 0 aromatic carbocycles. The van der Waals surface area contributed by atoms with E-state index >= 15 is 0 Å². The maximum atomic E-state index is 8.61. The molecule has 3 nitrogen and oxygen atoms in total. The fraction of sp³-hybridized carbons (Fsp3) is 0.500. The minimum Gasteiger partial charge on any atom is -0.296 e. The second-order valence-corrected chi connectivity index (χ2v) is 4.90. The largest absolute Gasteiger partial charge is 0.296 e. The SMILES string of the molecule is CC(C)N(CCC#N)Cc1cncc(Br)c1. The van der Waals surface area contributed by atoms with E-state index in [-0.39, 0.29) is 0 Å². The van der Waals surface area contributed by atoms with Crippen molar-refractivity contribution in [3.05, 3.63) is 28.5 Å². The van der Waals surface area contributed by atoms with Gasteiger partial charge in [0, 0.05) is 42.4 Å². The molecule has 0 N–H and O–H groups in total. The Morgan fingerprint density at radius 3 is 2.81 bits per heavy atom. The molecule has 0 spiro atoms. The molecule has 0 aliphatic carbocycles. The lowest BCUT2D eigenvalue weighted by atomic mass is 10.2. The van der Waals surface area contributed by atoms with Gasteiger partial charge >= 0.3 is 0 Å². The average molecular weight is 282 g/mol. The van der Waals surface area contributed by atoms with Crippen LogP contribution in [0.15, 0.2) is 22.9 Å². The lowest BCUT2D eigenvalue weighted by Crippen LogP contribution is -2.31. The van der Waals surface area contributed by atoms with E-state index in [1.54, 1.807) is 6.20 Å². The van der Waals surface area contributed by atoms with E-state index in [2.05, 4.69) is 51.8 Å². The van der Waals surface area contributed by atoms with Gasteiger partial charge < -0.3 is 0 Å². The monoisotopic (exact) mass is 281 g/mol. The van der Waals surface area contributed by atoms with E-state index in [0.29, 0.717) is 12.5 Å². The lowest BCUT2D eigenvalue weighted by molar-refractivity contribution is 0.217. The van der Waals surface area contributed by atoms with Crippen LogP contribution in [0.3, 0.4) is 0 Å². The summed E-state index contributed by atoms with van der Waals surface area (Å²) in [6, 6.07) is 4.69. The topological polar surface area (TPSA) is 39.9 Å². The number of pyridine rings is 1. The van der Waals surface area contributed by atoms with Crippen molar-refractivity contribution in [3.8, 4) is 6.07 Å². The highest BCUT2D eigenvalue weighted by Crippen LogP contribution is 2.13. The average Bonchev–Trinajstić information content (AvgIpc) is 2.24. The van der Waals surface area contributed by atoms with Crippen molar-refractivity contribution >= 4 is 15.9 Å². The first-order valence-electron chi connectivity index (χ1n) is 5.34. The van der Waals surface area contributed by atoms with Crippen LogP contribution in [0.25, 0.3) is 0 Å². The summed E-state index contributed by atoms with van der Waals surface area (Å²) < 4.78 is 0.994. The molecule has 0 fully saturated rings. The van der Waals surface area contributed by atoms with Crippen LogP contribution >= 0.6 is 15.9 Å². The van der Waals surface area contributed by atoms with Gasteiger partial charge in [-0.05, 0) is 41.4 Å². The van der Waals surface area contributed by atoms with E-state index < -0.39 is 0 Å². The van der Waals surface area contributed by atoms with E-state index in [4.69, 9.17) is 5.26 Å². The van der Waals surface area contributed by atoms with E-state index in [1.807, 2.05) is 6.20 Å². The number of aromatic nitrogens is 1. The van der Waals surface area contributed by atoms with Crippen molar-refractivity contribution in [3.63, 3.8) is 0 Å². The Morgan fingerprint density at radius 2 is 2.25 bits per heavy atom. The van der Waals surface area contributed by atoms with Crippen LogP contribution in [0.1, 0.15) is 25.8 Å². The summed E-state index contributed by atoms with van der Waals surface area (Å²) in [6.07, 6.45) is 4.21. The molecule has 1 heterocycles. The van der Waals surface area contributed by atoms with Crippen LogP contribution in [-0.2, 0) is 6.54 Å². The molecule has 0 radical (unpaired) electrons. The van der Waals surface area contributed by atoms with Gasteiger partial charge in [0.2, 0.25) is 0 Å². The van der Waals surface area contributed by atoms with Gasteiger partial charge in [0.15, 0.2) is 0 Å². The second kappa shape index (κ2) is 6.62. The van der Waals surface area contributed by atoms with Gasteiger partial charge in [-0.15, -0.1) is 0 Å². The van der Waals surface area contributed by atoms with E-state index in [1.165, 1.54) is 5.56 Å². The number of hydrogen-bond acceptors (Lipinski definition) is 3. The smallest absolute Gasteiger partial charge is 0.0635 e. The number of hydrogen-bond donors (Lipinski definition) is 0. The molecule has 1 aromatic rings. The zero-order valence-electron chi connectivity index (χ0n) is 9.65. The Hall–Kier alpha value is -0.920. The summed E-state index contributed by atoms with van der Waals surface area (Å²) in [7, 11) is 0. The maximum absolute atomic E-state index is 8.61. The van der Waals surface area contributed by atoms with E-state index in [0.717, 1.165) is 17.6 Å². The van der Waals surface area contributed by atoms with Crippen molar-refractivity contribution in [2.75, 3.05) is 6.54 Å². The van der Waals surface area contributed by atoms with Crippen LogP contribution in [0.5, 0.6) is 0 Å². The van der Waals surface area contributed by atoms with Crippen LogP contribution in [0.4, 0.5) is 0 Å². The summed E-state index contributed by atoms with van der Waals surface area (Å²) in [6.45, 7) is 5.93. The summed E-state index contributed by atoms with van der Waals surface area (Å²) in [5.41, 5.74) is 1.17. The first-order valence-corrected chi connectivity index (χ1v) is 6.13. The first-order chi connectivity index (χ1) is 7.63. The molecular weight excluding hydrogens is 266 g/mol. The second-order valence-electron chi connectivity index (χ2n) is 3.98. The highest BCUT2D eigenvalue weighted by molar-refractivity contribution is 9.10. The fourth-order valence-electron chi connectivity index (χ4n) is 1.49. The normalized spacial score (nSPS) is 10.8. The predicted molar refractivity (Wildman–Crippen MR) is 67.7 cm³/mol. The Balaban J connectivity index is 2.64. The van der Waals surface area contributed by atoms with Gasteiger partial charge in [0.1, 0.15) is 0 Å². The predicted octanol–water partition coefficient (Wildman–Crippen LogP) is 2.97. The molecule has 0 saturated heterocycles. The van der Waals surface area contributed by atoms with Crippen molar-refractivity contribution in [2.24, 2.45) is 0 Å².